The van der Waals surface area contributed by atoms with Crippen LogP contribution in [0.15, 0.2) is 4.99 Å². The number of fused-ring (bicyclic) bond motifs is 1. The van der Waals surface area contributed by atoms with Gasteiger partial charge in [0.2, 0.25) is 5.91 Å². The van der Waals surface area contributed by atoms with Gasteiger partial charge in [0.1, 0.15) is 18.2 Å². The third-order valence-electron chi connectivity index (χ3n) is 3.66. The molecular weight excluding hydrogens is 437 g/mol. The van der Waals surface area contributed by atoms with Gasteiger partial charge in [-0.2, -0.15) is 5.10 Å². The predicted octanol–water partition coefficient (Wildman–Crippen LogP) is -0.163. The molecule has 1 aromatic rings. The number of guanidine groups is 1. The van der Waals surface area contributed by atoms with Gasteiger partial charge in [0, 0.05) is 32.7 Å². The molecule has 142 valence electrons. The summed E-state index contributed by atoms with van der Waals surface area (Å²) >= 11 is 0. The van der Waals surface area contributed by atoms with Crippen molar-refractivity contribution in [1.29, 1.82) is 0 Å². The van der Waals surface area contributed by atoms with Crippen LogP contribution in [0.2, 0.25) is 0 Å². The highest BCUT2D eigenvalue weighted by atomic mass is 127. The van der Waals surface area contributed by atoms with Gasteiger partial charge >= 0.3 is 0 Å². The fraction of sp³-hybridized carbons (Fsp3) is 0.733. The van der Waals surface area contributed by atoms with Crippen molar-refractivity contribution in [2.75, 3.05) is 33.4 Å². The average molecular weight is 465 g/mol. The second kappa shape index (κ2) is 11.2. The number of hydrogen-bond donors (Lipinski definition) is 3. The van der Waals surface area contributed by atoms with Gasteiger partial charge in [-0.3, -0.25) is 4.79 Å². The summed E-state index contributed by atoms with van der Waals surface area (Å²) in [6.45, 7) is 6.45. The number of aromatic nitrogens is 3. The molecule has 0 spiro atoms. The molecule has 0 radical (unpaired) electrons. The van der Waals surface area contributed by atoms with Crippen LogP contribution >= 0.6 is 24.0 Å². The number of amides is 1. The third kappa shape index (κ3) is 7.14. The molecule has 1 aliphatic heterocycles. The molecule has 1 aromatic heterocycles. The molecule has 0 aliphatic carbocycles. The highest BCUT2D eigenvalue weighted by molar-refractivity contribution is 14.0. The molecule has 3 N–H and O–H groups in total. The molecule has 1 amide bonds. The number of nitrogens with zero attached hydrogens (tertiary/aromatic N) is 4. The summed E-state index contributed by atoms with van der Waals surface area (Å²) < 4.78 is 6.84. The molecule has 0 bridgehead atoms. The summed E-state index contributed by atoms with van der Waals surface area (Å²) in [5, 5.41) is 13.7. The van der Waals surface area contributed by atoms with E-state index in [1.807, 2.05) is 18.5 Å². The number of halogens is 1. The van der Waals surface area contributed by atoms with Gasteiger partial charge in [-0.15, -0.1) is 24.0 Å². The van der Waals surface area contributed by atoms with Crippen molar-refractivity contribution in [2.24, 2.45) is 4.99 Å². The second-order valence-electron chi connectivity index (χ2n) is 5.68. The Bertz CT molecular complexity index is 576. The molecule has 9 nitrogen and oxygen atoms in total. The molecule has 25 heavy (non-hydrogen) atoms. The van der Waals surface area contributed by atoms with E-state index in [4.69, 9.17) is 4.74 Å². The van der Waals surface area contributed by atoms with E-state index in [0.717, 1.165) is 37.6 Å². The summed E-state index contributed by atoms with van der Waals surface area (Å²) in [6, 6.07) is 0.216. The maximum absolute atomic E-state index is 11.7. The van der Waals surface area contributed by atoms with Crippen LogP contribution in [-0.2, 0) is 22.5 Å². The minimum absolute atomic E-state index is 0. The van der Waals surface area contributed by atoms with Crippen LogP contribution in [0.4, 0.5) is 0 Å². The molecule has 10 heteroatoms. The van der Waals surface area contributed by atoms with Gasteiger partial charge in [0.05, 0.1) is 13.2 Å². The summed E-state index contributed by atoms with van der Waals surface area (Å²) in [6.07, 6.45) is 1.85. The zero-order valence-corrected chi connectivity index (χ0v) is 17.4. The SMILES string of the molecule is CCNC(=NCC(=O)NCCOC)NC1CCc2nc(C)nn2C1.I. The van der Waals surface area contributed by atoms with Crippen molar-refractivity contribution >= 4 is 35.8 Å². The van der Waals surface area contributed by atoms with Crippen LogP contribution in [0.25, 0.3) is 0 Å². The standard InChI is InChI=1S/C15H27N7O2.HI/c1-4-16-15(18-9-14(23)17-7-8-24-3)20-12-5-6-13-19-11(2)21-22(13)10-12;/h12H,4-10H2,1-3H3,(H,17,23)(H2,16,18,20);1H. The van der Waals surface area contributed by atoms with Gasteiger partial charge < -0.3 is 20.7 Å². The van der Waals surface area contributed by atoms with Crippen LogP contribution in [0, 0.1) is 6.92 Å². The highest BCUT2D eigenvalue weighted by Crippen LogP contribution is 2.12. The van der Waals surface area contributed by atoms with Crippen LogP contribution in [0.3, 0.4) is 0 Å². The summed E-state index contributed by atoms with van der Waals surface area (Å²) in [5.74, 6) is 2.36. The number of rotatable bonds is 7. The van der Waals surface area contributed by atoms with Crippen molar-refractivity contribution in [3.63, 3.8) is 0 Å². The summed E-state index contributed by atoms with van der Waals surface area (Å²) in [7, 11) is 1.60. The number of aryl methyl sites for hydroxylation is 2. The topological polar surface area (TPSA) is 105 Å². The molecule has 0 aromatic carbocycles. The Morgan fingerprint density at radius 1 is 1.44 bits per heavy atom. The van der Waals surface area contributed by atoms with Crippen LogP contribution in [-0.4, -0.2) is 66.0 Å². The number of carbonyl (C=O) groups is 1. The molecule has 0 saturated heterocycles. The van der Waals surface area contributed by atoms with E-state index in [2.05, 4.69) is 31.0 Å². The van der Waals surface area contributed by atoms with Crippen LogP contribution in [0.1, 0.15) is 25.0 Å². The number of aliphatic imine (C=N–C) groups is 1. The zero-order chi connectivity index (χ0) is 17.4. The number of ether oxygens (including phenoxy) is 1. The summed E-state index contributed by atoms with van der Waals surface area (Å²) in [5.41, 5.74) is 0. The van der Waals surface area contributed by atoms with E-state index in [0.29, 0.717) is 19.1 Å². The third-order valence-corrected chi connectivity index (χ3v) is 3.66. The van der Waals surface area contributed by atoms with E-state index < -0.39 is 0 Å². The first-order valence-corrected chi connectivity index (χ1v) is 8.33. The van der Waals surface area contributed by atoms with Gasteiger partial charge in [-0.05, 0) is 20.3 Å². The van der Waals surface area contributed by atoms with Crippen LogP contribution in [0.5, 0.6) is 0 Å². The minimum Gasteiger partial charge on any atom is -0.383 e. The van der Waals surface area contributed by atoms with Crippen molar-refractivity contribution in [3.05, 3.63) is 11.6 Å². The quantitative estimate of drug-likeness (QED) is 0.224. The van der Waals surface area contributed by atoms with Crippen molar-refractivity contribution in [1.82, 2.24) is 30.7 Å². The Balaban J connectivity index is 0.00000312. The molecule has 2 heterocycles. The van der Waals surface area contributed by atoms with E-state index in [9.17, 15) is 4.79 Å². The van der Waals surface area contributed by atoms with Crippen molar-refractivity contribution in [2.45, 2.75) is 39.3 Å². The lowest BCUT2D eigenvalue weighted by Gasteiger charge is -2.25. The Labute approximate surface area is 165 Å². The van der Waals surface area contributed by atoms with Gasteiger partial charge in [0.25, 0.3) is 0 Å². The monoisotopic (exact) mass is 465 g/mol. The smallest absolute Gasteiger partial charge is 0.241 e. The lowest BCUT2D eigenvalue weighted by Crippen LogP contribution is -2.47. The fourth-order valence-corrected chi connectivity index (χ4v) is 2.56. The molecule has 1 aliphatic rings. The Kier molecular flexibility index (Phi) is 9.71. The molecule has 1 atom stereocenters. The van der Waals surface area contributed by atoms with Gasteiger partial charge in [-0.1, -0.05) is 0 Å². The largest absolute Gasteiger partial charge is 0.383 e. The van der Waals surface area contributed by atoms with Crippen LogP contribution < -0.4 is 16.0 Å². The lowest BCUT2D eigenvalue weighted by atomic mass is 10.1. The first-order valence-electron chi connectivity index (χ1n) is 8.33. The lowest BCUT2D eigenvalue weighted by molar-refractivity contribution is -0.119. The number of hydrogen-bond acceptors (Lipinski definition) is 5. The fourth-order valence-electron chi connectivity index (χ4n) is 2.56. The maximum Gasteiger partial charge on any atom is 0.241 e. The predicted molar refractivity (Wildman–Crippen MR) is 106 cm³/mol. The highest BCUT2D eigenvalue weighted by Gasteiger charge is 2.21. The first-order chi connectivity index (χ1) is 11.6. The number of nitrogens with one attached hydrogen (secondary N) is 3. The first kappa shape index (κ1) is 21.6. The average Bonchev–Trinajstić information content (AvgIpc) is 2.92. The van der Waals surface area contributed by atoms with E-state index in [1.54, 1.807) is 7.11 Å². The number of carbonyl (C=O) groups excluding carboxylic acids is 1. The van der Waals surface area contributed by atoms with Gasteiger partial charge in [-0.25, -0.2) is 14.7 Å². The van der Waals surface area contributed by atoms with E-state index in [1.165, 1.54) is 0 Å². The normalized spacial score (nSPS) is 16.6. The molecule has 0 fully saturated rings. The van der Waals surface area contributed by atoms with E-state index in [-0.39, 0.29) is 42.5 Å². The molecule has 0 saturated carbocycles. The van der Waals surface area contributed by atoms with Crippen molar-refractivity contribution < 1.29 is 9.53 Å². The van der Waals surface area contributed by atoms with Gasteiger partial charge in [0.15, 0.2) is 5.96 Å². The maximum atomic E-state index is 11.7. The Morgan fingerprint density at radius 3 is 2.96 bits per heavy atom. The minimum atomic E-state index is -0.123. The molecular formula is C15H28IN7O2. The second-order valence-corrected chi connectivity index (χ2v) is 5.68. The Hall–Kier alpha value is -1.43. The Morgan fingerprint density at radius 2 is 2.24 bits per heavy atom. The summed E-state index contributed by atoms with van der Waals surface area (Å²) in [4.78, 5) is 20.5. The number of methoxy groups -OCH3 is 1. The molecule has 2 rings (SSSR count). The molecule has 1 unspecified atom stereocenters. The van der Waals surface area contributed by atoms with Crippen molar-refractivity contribution in [3.8, 4) is 0 Å². The van der Waals surface area contributed by atoms with E-state index >= 15 is 0 Å². The zero-order valence-electron chi connectivity index (χ0n) is 15.0.